The van der Waals surface area contributed by atoms with Crippen LogP contribution in [0, 0.1) is 11.8 Å². The fraction of sp³-hybridized carbons (Fsp3) is 0.882. The first-order valence-electron chi connectivity index (χ1n) is 8.99. The third kappa shape index (κ3) is 4.67. The zero-order chi connectivity index (χ0) is 16.2. The number of rotatable bonds is 7. The molecule has 3 fully saturated rings. The van der Waals surface area contributed by atoms with E-state index < -0.39 is 6.10 Å². The van der Waals surface area contributed by atoms with Gasteiger partial charge in [-0.2, -0.15) is 0 Å². The van der Waals surface area contributed by atoms with Crippen molar-refractivity contribution in [1.82, 2.24) is 10.6 Å². The highest BCUT2D eigenvalue weighted by Gasteiger charge is 2.35. The van der Waals surface area contributed by atoms with Crippen molar-refractivity contribution in [1.29, 1.82) is 0 Å². The Morgan fingerprint density at radius 2 is 1.87 bits per heavy atom. The molecular weight excluding hydrogens is 296 g/mol. The van der Waals surface area contributed by atoms with Crippen molar-refractivity contribution in [2.75, 3.05) is 13.2 Å². The summed E-state index contributed by atoms with van der Waals surface area (Å²) >= 11 is 0. The van der Waals surface area contributed by atoms with Gasteiger partial charge in [0.15, 0.2) is 0 Å². The van der Waals surface area contributed by atoms with E-state index in [4.69, 9.17) is 4.74 Å². The number of carbonyl (C=O) groups is 2. The highest BCUT2D eigenvalue weighted by Crippen LogP contribution is 2.29. The first-order chi connectivity index (χ1) is 11.2. The van der Waals surface area contributed by atoms with Crippen molar-refractivity contribution in [3.63, 3.8) is 0 Å². The van der Waals surface area contributed by atoms with Crippen LogP contribution in [0.3, 0.4) is 0 Å². The third-order valence-electron chi connectivity index (χ3n) is 5.30. The summed E-state index contributed by atoms with van der Waals surface area (Å²) < 4.78 is 5.85. The molecule has 2 saturated carbocycles. The minimum Gasteiger partial charge on any atom is -0.394 e. The number of hydrogen-bond acceptors (Lipinski definition) is 4. The predicted molar refractivity (Wildman–Crippen MR) is 84.6 cm³/mol. The molecule has 0 aromatic heterocycles. The summed E-state index contributed by atoms with van der Waals surface area (Å²) in [6.45, 7) is 0.644. The van der Waals surface area contributed by atoms with Gasteiger partial charge in [0.1, 0.15) is 6.10 Å². The van der Waals surface area contributed by atoms with E-state index in [0.717, 1.165) is 38.6 Å². The summed E-state index contributed by atoms with van der Waals surface area (Å²) in [4.78, 5) is 24.0. The van der Waals surface area contributed by atoms with Crippen LogP contribution >= 0.6 is 0 Å². The molecule has 3 rings (SSSR count). The van der Waals surface area contributed by atoms with Crippen LogP contribution in [0.15, 0.2) is 0 Å². The van der Waals surface area contributed by atoms with Gasteiger partial charge in [-0.25, -0.2) is 0 Å². The van der Waals surface area contributed by atoms with E-state index in [2.05, 4.69) is 10.6 Å². The monoisotopic (exact) mass is 324 g/mol. The van der Waals surface area contributed by atoms with Crippen molar-refractivity contribution in [3.8, 4) is 0 Å². The lowest BCUT2D eigenvalue weighted by molar-refractivity contribution is -0.138. The Balaban J connectivity index is 1.41. The van der Waals surface area contributed by atoms with Crippen molar-refractivity contribution in [2.45, 2.75) is 69.6 Å². The molecule has 2 amide bonds. The van der Waals surface area contributed by atoms with Gasteiger partial charge in [-0.15, -0.1) is 0 Å². The van der Waals surface area contributed by atoms with Crippen molar-refractivity contribution >= 4 is 11.8 Å². The van der Waals surface area contributed by atoms with Crippen LogP contribution in [0.5, 0.6) is 0 Å². The molecule has 0 bridgehead atoms. The second-order valence-electron chi connectivity index (χ2n) is 7.25. The molecular formula is C17H28N2O4. The lowest BCUT2D eigenvalue weighted by atomic mass is 9.84. The van der Waals surface area contributed by atoms with Gasteiger partial charge >= 0.3 is 0 Å². The van der Waals surface area contributed by atoms with Crippen LogP contribution < -0.4 is 10.6 Å². The van der Waals surface area contributed by atoms with E-state index in [9.17, 15) is 14.7 Å². The molecule has 6 nitrogen and oxygen atoms in total. The molecule has 1 aliphatic heterocycles. The molecule has 0 spiro atoms. The molecule has 1 heterocycles. The maximum absolute atomic E-state index is 12.1. The summed E-state index contributed by atoms with van der Waals surface area (Å²) in [5, 5.41) is 15.5. The minimum absolute atomic E-state index is 0.0237. The second-order valence-corrected chi connectivity index (χ2v) is 7.25. The zero-order valence-corrected chi connectivity index (χ0v) is 13.6. The zero-order valence-electron chi connectivity index (χ0n) is 13.6. The Kier molecular flexibility index (Phi) is 5.54. The second kappa shape index (κ2) is 7.62. The van der Waals surface area contributed by atoms with Crippen molar-refractivity contribution in [3.05, 3.63) is 0 Å². The topological polar surface area (TPSA) is 87.7 Å². The number of aliphatic hydroxyl groups is 1. The lowest BCUT2D eigenvalue weighted by Gasteiger charge is -2.37. The fourth-order valence-corrected chi connectivity index (χ4v) is 3.28. The Morgan fingerprint density at radius 1 is 1.09 bits per heavy atom. The number of hydrogen-bond donors (Lipinski definition) is 3. The molecule has 1 saturated heterocycles. The number of ether oxygens (including phenoxy) is 1. The highest BCUT2D eigenvalue weighted by molar-refractivity contribution is 5.79. The van der Waals surface area contributed by atoms with E-state index in [-0.39, 0.29) is 36.5 Å². The number of carbonyl (C=O) groups excluding carboxylic acids is 2. The van der Waals surface area contributed by atoms with E-state index in [1.54, 1.807) is 0 Å². The molecule has 3 aliphatic rings. The SMILES string of the molecule is O=C(C[C@H]1CC[C@H](NC(=O)C2CCC2)[C@@H](CO)O1)NCC1CC1. The summed E-state index contributed by atoms with van der Waals surface area (Å²) in [6.07, 6.45) is 6.75. The smallest absolute Gasteiger partial charge is 0.223 e. The molecule has 3 N–H and O–H groups in total. The molecule has 130 valence electrons. The third-order valence-corrected chi connectivity index (χ3v) is 5.30. The normalized spacial score (nSPS) is 31.3. The molecule has 0 unspecified atom stereocenters. The molecule has 0 aromatic carbocycles. The number of amides is 2. The summed E-state index contributed by atoms with van der Waals surface area (Å²) in [6, 6.07) is -0.140. The van der Waals surface area contributed by atoms with E-state index in [1.165, 1.54) is 12.8 Å². The summed E-state index contributed by atoms with van der Waals surface area (Å²) in [5.41, 5.74) is 0. The Labute approximate surface area is 137 Å². The predicted octanol–water partition coefficient (Wildman–Crippen LogP) is 0.727. The standard InChI is InChI=1S/C17H28N2O4/c20-10-15-14(19-17(22)12-2-1-3-12)7-6-13(23-15)8-16(21)18-9-11-4-5-11/h11-15,20H,1-10H2,(H,18,21)(H,19,22)/t13-,14+,15-/m1/s1. The van der Waals surface area contributed by atoms with Crippen LogP contribution in [0.2, 0.25) is 0 Å². The molecule has 2 aliphatic carbocycles. The maximum Gasteiger partial charge on any atom is 0.223 e. The summed E-state index contributed by atoms with van der Waals surface area (Å²) in [5.74, 6) is 0.919. The van der Waals surface area contributed by atoms with Crippen molar-refractivity contribution in [2.24, 2.45) is 11.8 Å². The quantitative estimate of drug-likeness (QED) is 0.644. The van der Waals surface area contributed by atoms with Crippen LogP contribution in [0.1, 0.15) is 51.4 Å². The van der Waals surface area contributed by atoms with E-state index in [0.29, 0.717) is 12.3 Å². The van der Waals surface area contributed by atoms with E-state index in [1.807, 2.05) is 0 Å². The van der Waals surface area contributed by atoms with Gasteiger partial charge in [0.05, 0.1) is 25.2 Å². The van der Waals surface area contributed by atoms with Crippen LogP contribution in [-0.2, 0) is 14.3 Å². The molecule has 3 atom stereocenters. The Bertz CT molecular complexity index is 434. The van der Waals surface area contributed by atoms with Gasteiger partial charge in [-0.05, 0) is 44.4 Å². The van der Waals surface area contributed by atoms with Crippen LogP contribution in [0.25, 0.3) is 0 Å². The minimum atomic E-state index is -0.408. The van der Waals surface area contributed by atoms with Gasteiger partial charge in [-0.3, -0.25) is 9.59 Å². The maximum atomic E-state index is 12.1. The fourth-order valence-electron chi connectivity index (χ4n) is 3.28. The Hall–Kier alpha value is -1.14. The number of aliphatic hydroxyl groups excluding tert-OH is 1. The highest BCUT2D eigenvalue weighted by atomic mass is 16.5. The average molecular weight is 324 g/mol. The lowest BCUT2D eigenvalue weighted by Crippen LogP contribution is -2.53. The van der Waals surface area contributed by atoms with Gasteiger partial charge in [0.2, 0.25) is 11.8 Å². The first-order valence-corrected chi connectivity index (χ1v) is 8.99. The largest absolute Gasteiger partial charge is 0.394 e. The van der Waals surface area contributed by atoms with Gasteiger partial charge in [0, 0.05) is 12.5 Å². The van der Waals surface area contributed by atoms with Crippen molar-refractivity contribution < 1.29 is 19.4 Å². The molecule has 6 heteroatoms. The average Bonchev–Trinajstić information content (AvgIpc) is 3.29. The molecule has 0 aromatic rings. The molecule has 23 heavy (non-hydrogen) atoms. The van der Waals surface area contributed by atoms with Gasteiger partial charge < -0.3 is 20.5 Å². The summed E-state index contributed by atoms with van der Waals surface area (Å²) in [7, 11) is 0. The van der Waals surface area contributed by atoms with Gasteiger partial charge in [-0.1, -0.05) is 6.42 Å². The first kappa shape index (κ1) is 16.7. The van der Waals surface area contributed by atoms with Gasteiger partial charge in [0.25, 0.3) is 0 Å². The van der Waals surface area contributed by atoms with Crippen LogP contribution in [0.4, 0.5) is 0 Å². The van der Waals surface area contributed by atoms with Crippen LogP contribution in [-0.4, -0.2) is 48.3 Å². The number of nitrogens with one attached hydrogen (secondary N) is 2. The van der Waals surface area contributed by atoms with E-state index >= 15 is 0 Å². The molecule has 0 radical (unpaired) electrons. The Morgan fingerprint density at radius 3 is 2.48 bits per heavy atom.